The summed E-state index contributed by atoms with van der Waals surface area (Å²) in [5.41, 5.74) is 2.19. The molecule has 1 amide bonds. The quantitative estimate of drug-likeness (QED) is 0.381. The molecule has 8 nitrogen and oxygen atoms in total. The number of hydrogen-bond acceptors (Lipinski definition) is 6. The van der Waals surface area contributed by atoms with E-state index in [0.717, 1.165) is 24.8 Å². The number of benzene rings is 3. The average Bonchev–Trinajstić information content (AvgIpc) is 2.87. The Morgan fingerprint density at radius 2 is 1.51 bits per heavy atom. The number of anilines is 2. The van der Waals surface area contributed by atoms with Gasteiger partial charge in [0.25, 0.3) is 15.9 Å². The third kappa shape index (κ3) is 6.45. The van der Waals surface area contributed by atoms with Crippen LogP contribution < -0.4 is 24.2 Å². The van der Waals surface area contributed by atoms with Crippen LogP contribution in [-0.4, -0.2) is 35.7 Å². The summed E-state index contributed by atoms with van der Waals surface area (Å²) in [6.45, 7) is 2.13. The highest BCUT2D eigenvalue weighted by molar-refractivity contribution is 7.92. The molecule has 0 unspecified atom stereocenters. The standard InChI is InChI=1S/C26H30N2O6S/c1-5-6-8-18-11-13-20(14-12-18)28-35(30,31)22-10-7-9-19(15-22)26(29)27-21-16-23(32-2)25(34-4)24(17-21)33-3/h7,9-17,28H,5-6,8H2,1-4H3,(H,27,29). The zero-order valence-corrected chi connectivity index (χ0v) is 21.1. The van der Waals surface area contributed by atoms with Gasteiger partial charge in [-0.05, 0) is 48.7 Å². The molecule has 3 aromatic carbocycles. The van der Waals surface area contributed by atoms with Crippen LogP contribution in [0.2, 0.25) is 0 Å². The second-order valence-electron chi connectivity index (χ2n) is 7.80. The molecule has 0 aliphatic heterocycles. The van der Waals surface area contributed by atoms with Crippen LogP contribution in [0.4, 0.5) is 11.4 Å². The molecule has 3 aromatic rings. The first kappa shape index (κ1) is 25.9. The Morgan fingerprint density at radius 3 is 2.09 bits per heavy atom. The van der Waals surface area contributed by atoms with Crippen molar-refractivity contribution in [2.75, 3.05) is 31.4 Å². The van der Waals surface area contributed by atoms with Crippen molar-refractivity contribution >= 4 is 27.3 Å². The van der Waals surface area contributed by atoms with Crippen LogP contribution in [0, 0.1) is 0 Å². The maximum atomic E-state index is 12.9. The van der Waals surface area contributed by atoms with Gasteiger partial charge in [-0.15, -0.1) is 0 Å². The van der Waals surface area contributed by atoms with Gasteiger partial charge in [0.05, 0.1) is 26.2 Å². The van der Waals surface area contributed by atoms with Gasteiger partial charge < -0.3 is 19.5 Å². The van der Waals surface area contributed by atoms with Crippen molar-refractivity contribution in [2.24, 2.45) is 0 Å². The minimum atomic E-state index is -3.89. The molecule has 35 heavy (non-hydrogen) atoms. The summed E-state index contributed by atoms with van der Waals surface area (Å²) in [7, 11) is 0.547. The fraction of sp³-hybridized carbons (Fsp3) is 0.269. The van der Waals surface area contributed by atoms with Crippen LogP contribution in [0.15, 0.2) is 65.6 Å². The topological polar surface area (TPSA) is 103 Å². The number of methoxy groups -OCH3 is 3. The molecule has 0 heterocycles. The van der Waals surface area contributed by atoms with Crippen molar-refractivity contribution in [3.05, 3.63) is 71.8 Å². The fourth-order valence-electron chi connectivity index (χ4n) is 3.50. The van der Waals surface area contributed by atoms with Crippen LogP contribution >= 0.6 is 0 Å². The van der Waals surface area contributed by atoms with Crippen LogP contribution in [0.3, 0.4) is 0 Å². The van der Waals surface area contributed by atoms with Gasteiger partial charge in [0.2, 0.25) is 5.75 Å². The Labute approximate surface area is 206 Å². The minimum absolute atomic E-state index is 0.0231. The van der Waals surface area contributed by atoms with E-state index in [0.29, 0.717) is 28.6 Å². The highest BCUT2D eigenvalue weighted by Gasteiger charge is 2.18. The van der Waals surface area contributed by atoms with E-state index in [-0.39, 0.29) is 10.5 Å². The number of carbonyl (C=O) groups is 1. The molecule has 0 atom stereocenters. The van der Waals surface area contributed by atoms with Crippen LogP contribution in [0.25, 0.3) is 0 Å². The molecular weight excluding hydrogens is 468 g/mol. The van der Waals surface area contributed by atoms with Crippen molar-refractivity contribution in [3.8, 4) is 17.2 Å². The summed E-state index contributed by atoms with van der Waals surface area (Å²) >= 11 is 0. The van der Waals surface area contributed by atoms with E-state index in [2.05, 4.69) is 17.0 Å². The zero-order chi connectivity index (χ0) is 25.4. The molecule has 186 valence electrons. The Morgan fingerprint density at radius 1 is 0.857 bits per heavy atom. The maximum Gasteiger partial charge on any atom is 0.261 e. The van der Waals surface area contributed by atoms with E-state index in [9.17, 15) is 13.2 Å². The number of aryl methyl sites for hydroxylation is 1. The molecular formula is C26H30N2O6S. The molecule has 0 bridgehead atoms. The second-order valence-corrected chi connectivity index (χ2v) is 9.48. The van der Waals surface area contributed by atoms with Crippen LogP contribution in [0.1, 0.15) is 35.7 Å². The van der Waals surface area contributed by atoms with E-state index >= 15 is 0 Å². The molecule has 0 aliphatic carbocycles. The predicted octanol–water partition coefficient (Wildman–Crippen LogP) is 5.11. The largest absolute Gasteiger partial charge is 0.493 e. The van der Waals surface area contributed by atoms with Gasteiger partial charge in [-0.1, -0.05) is 31.5 Å². The van der Waals surface area contributed by atoms with Gasteiger partial charge in [0.15, 0.2) is 11.5 Å². The van der Waals surface area contributed by atoms with Gasteiger partial charge >= 0.3 is 0 Å². The van der Waals surface area contributed by atoms with Crippen molar-refractivity contribution < 1.29 is 27.4 Å². The lowest BCUT2D eigenvalue weighted by Crippen LogP contribution is -2.16. The molecule has 0 saturated heterocycles. The van der Waals surface area contributed by atoms with E-state index in [4.69, 9.17) is 14.2 Å². The average molecular weight is 499 g/mol. The third-order valence-corrected chi connectivity index (χ3v) is 6.73. The van der Waals surface area contributed by atoms with E-state index < -0.39 is 15.9 Å². The highest BCUT2D eigenvalue weighted by Crippen LogP contribution is 2.40. The molecule has 2 N–H and O–H groups in total. The summed E-state index contributed by atoms with van der Waals surface area (Å²) in [6.07, 6.45) is 3.13. The Kier molecular flexibility index (Phi) is 8.59. The lowest BCUT2D eigenvalue weighted by Gasteiger charge is -2.15. The molecule has 9 heteroatoms. The summed E-state index contributed by atoms with van der Waals surface area (Å²) < 4.78 is 44.4. The Balaban J connectivity index is 1.78. The number of carbonyl (C=O) groups excluding carboxylic acids is 1. The lowest BCUT2D eigenvalue weighted by molar-refractivity contribution is 0.102. The van der Waals surface area contributed by atoms with Crippen molar-refractivity contribution in [1.29, 1.82) is 0 Å². The summed E-state index contributed by atoms with van der Waals surface area (Å²) in [5.74, 6) is 0.661. The maximum absolute atomic E-state index is 12.9. The van der Waals surface area contributed by atoms with E-state index in [1.54, 1.807) is 24.3 Å². The molecule has 0 aromatic heterocycles. The van der Waals surface area contributed by atoms with Crippen molar-refractivity contribution in [2.45, 2.75) is 31.1 Å². The molecule has 3 rings (SSSR count). The first-order valence-corrected chi connectivity index (χ1v) is 12.6. The number of amides is 1. The number of rotatable bonds is 11. The highest BCUT2D eigenvalue weighted by atomic mass is 32.2. The monoisotopic (exact) mass is 498 g/mol. The lowest BCUT2D eigenvalue weighted by atomic mass is 10.1. The summed E-state index contributed by atoms with van der Waals surface area (Å²) in [4.78, 5) is 12.9. The summed E-state index contributed by atoms with van der Waals surface area (Å²) in [5, 5.41) is 2.74. The predicted molar refractivity (Wildman–Crippen MR) is 136 cm³/mol. The van der Waals surface area contributed by atoms with E-state index in [1.165, 1.54) is 45.6 Å². The Bertz CT molecular complexity index is 1250. The SMILES string of the molecule is CCCCc1ccc(NS(=O)(=O)c2cccc(C(=O)Nc3cc(OC)c(OC)c(OC)c3)c2)cc1. The number of sulfonamides is 1. The molecule has 0 fully saturated rings. The first-order valence-electron chi connectivity index (χ1n) is 11.1. The van der Waals surface area contributed by atoms with Gasteiger partial charge in [-0.3, -0.25) is 9.52 Å². The molecule has 0 saturated carbocycles. The van der Waals surface area contributed by atoms with Crippen LogP contribution in [0.5, 0.6) is 17.2 Å². The second kappa shape index (κ2) is 11.6. The molecule has 0 radical (unpaired) electrons. The number of unbranched alkanes of at least 4 members (excludes halogenated alkanes) is 1. The van der Waals surface area contributed by atoms with E-state index in [1.807, 2.05) is 12.1 Å². The summed E-state index contributed by atoms with van der Waals surface area (Å²) in [6, 6.07) is 16.3. The normalized spacial score (nSPS) is 11.0. The minimum Gasteiger partial charge on any atom is -0.493 e. The van der Waals surface area contributed by atoms with Gasteiger partial charge in [-0.25, -0.2) is 8.42 Å². The molecule has 0 spiro atoms. The van der Waals surface area contributed by atoms with Crippen molar-refractivity contribution in [1.82, 2.24) is 0 Å². The molecule has 0 aliphatic rings. The van der Waals surface area contributed by atoms with Crippen molar-refractivity contribution in [3.63, 3.8) is 0 Å². The van der Waals surface area contributed by atoms with Crippen LogP contribution in [-0.2, 0) is 16.4 Å². The van der Waals surface area contributed by atoms with Gasteiger partial charge in [0.1, 0.15) is 0 Å². The fourth-order valence-corrected chi connectivity index (χ4v) is 4.60. The number of nitrogens with one attached hydrogen (secondary N) is 2. The first-order chi connectivity index (χ1) is 16.8. The number of ether oxygens (including phenoxy) is 3. The Hall–Kier alpha value is -3.72. The smallest absolute Gasteiger partial charge is 0.261 e. The number of hydrogen-bond donors (Lipinski definition) is 2. The zero-order valence-electron chi connectivity index (χ0n) is 20.3. The van der Waals surface area contributed by atoms with Gasteiger partial charge in [-0.2, -0.15) is 0 Å². The third-order valence-electron chi connectivity index (χ3n) is 5.35. The van der Waals surface area contributed by atoms with Gasteiger partial charge in [0, 0.05) is 29.1 Å².